The first-order valence-electron chi connectivity index (χ1n) is 12.4. The van der Waals surface area contributed by atoms with Gasteiger partial charge in [0.1, 0.15) is 0 Å². The lowest BCUT2D eigenvalue weighted by molar-refractivity contribution is 1.18. The average molecular weight is 555 g/mol. The number of rotatable bonds is 2. The SMILES string of the molecule is Brc1cc2sc3ccc(-c4ccc5c(c4)c4ccccc4n5-c4ccccc4)cc3c2c2ccccc12. The molecular formula is C34H20BrNS. The largest absolute Gasteiger partial charge is 0.309 e. The van der Waals surface area contributed by atoms with Gasteiger partial charge in [-0.25, -0.2) is 0 Å². The van der Waals surface area contributed by atoms with Gasteiger partial charge in [-0.2, -0.15) is 0 Å². The van der Waals surface area contributed by atoms with Crippen LogP contribution in [0.3, 0.4) is 0 Å². The topological polar surface area (TPSA) is 4.93 Å². The van der Waals surface area contributed by atoms with Crippen LogP contribution in [0.4, 0.5) is 0 Å². The second-order valence-electron chi connectivity index (χ2n) is 9.51. The van der Waals surface area contributed by atoms with Gasteiger partial charge in [-0.1, -0.05) is 88.7 Å². The first kappa shape index (κ1) is 21.2. The van der Waals surface area contributed by atoms with Crippen LogP contribution in [0.1, 0.15) is 0 Å². The lowest BCUT2D eigenvalue weighted by Crippen LogP contribution is -1.92. The van der Waals surface area contributed by atoms with E-state index in [0.717, 1.165) is 4.47 Å². The number of fused-ring (bicyclic) bond motifs is 8. The van der Waals surface area contributed by atoms with Crippen molar-refractivity contribution in [1.82, 2.24) is 4.57 Å². The minimum Gasteiger partial charge on any atom is -0.309 e. The maximum atomic E-state index is 3.79. The molecule has 8 rings (SSSR count). The first-order chi connectivity index (χ1) is 18.3. The molecule has 0 radical (unpaired) electrons. The van der Waals surface area contributed by atoms with Gasteiger partial charge >= 0.3 is 0 Å². The summed E-state index contributed by atoms with van der Waals surface area (Å²) in [4.78, 5) is 0. The lowest BCUT2D eigenvalue weighted by Gasteiger charge is -2.08. The van der Waals surface area contributed by atoms with Gasteiger partial charge in [-0.3, -0.25) is 0 Å². The van der Waals surface area contributed by atoms with Crippen LogP contribution >= 0.6 is 27.3 Å². The van der Waals surface area contributed by atoms with E-state index in [1.807, 2.05) is 11.3 Å². The van der Waals surface area contributed by atoms with Gasteiger partial charge in [0.2, 0.25) is 0 Å². The summed E-state index contributed by atoms with van der Waals surface area (Å²) < 4.78 is 6.17. The quantitative estimate of drug-likeness (QED) is 0.200. The molecule has 0 spiro atoms. The lowest BCUT2D eigenvalue weighted by atomic mass is 9.99. The molecule has 0 unspecified atom stereocenters. The fourth-order valence-corrected chi connectivity index (χ4v) is 7.65. The van der Waals surface area contributed by atoms with Crippen molar-refractivity contribution < 1.29 is 0 Å². The number of nitrogens with zero attached hydrogens (tertiary/aromatic N) is 1. The Morgan fingerprint density at radius 1 is 0.486 bits per heavy atom. The van der Waals surface area contributed by atoms with Crippen molar-refractivity contribution in [1.29, 1.82) is 0 Å². The Labute approximate surface area is 226 Å². The van der Waals surface area contributed by atoms with Crippen LogP contribution in [0.25, 0.3) is 69.6 Å². The van der Waals surface area contributed by atoms with E-state index in [1.165, 1.54) is 69.6 Å². The van der Waals surface area contributed by atoms with Crippen molar-refractivity contribution in [2.24, 2.45) is 0 Å². The third-order valence-electron chi connectivity index (χ3n) is 7.45. The predicted molar refractivity (Wildman–Crippen MR) is 164 cm³/mol. The molecule has 0 N–H and O–H groups in total. The second kappa shape index (κ2) is 8.04. The van der Waals surface area contributed by atoms with E-state index in [2.05, 4.69) is 142 Å². The van der Waals surface area contributed by atoms with E-state index >= 15 is 0 Å². The molecule has 6 aromatic carbocycles. The van der Waals surface area contributed by atoms with Gasteiger partial charge in [0.25, 0.3) is 0 Å². The summed E-state index contributed by atoms with van der Waals surface area (Å²) in [7, 11) is 0. The Morgan fingerprint density at radius 2 is 1.14 bits per heavy atom. The monoisotopic (exact) mass is 553 g/mol. The zero-order valence-electron chi connectivity index (χ0n) is 19.8. The van der Waals surface area contributed by atoms with E-state index in [9.17, 15) is 0 Å². The third-order valence-corrected chi connectivity index (χ3v) is 9.22. The van der Waals surface area contributed by atoms with Crippen LogP contribution in [0.5, 0.6) is 0 Å². The molecule has 2 aromatic heterocycles. The van der Waals surface area contributed by atoms with Crippen LogP contribution in [-0.2, 0) is 0 Å². The number of benzene rings is 6. The van der Waals surface area contributed by atoms with Crippen LogP contribution in [-0.4, -0.2) is 4.57 Å². The summed E-state index contributed by atoms with van der Waals surface area (Å²) in [6, 6.07) is 44.2. The van der Waals surface area contributed by atoms with Gasteiger partial charge in [0, 0.05) is 41.1 Å². The number of halogens is 1. The molecule has 0 fully saturated rings. The van der Waals surface area contributed by atoms with Crippen LogP contribution in [0, 0.1) is 0 Å². The number of hydrogen-bond donors (Lipinski definition) is 0. The molecule has 0 aliphatic heterocycles. The molecule has 3 heteroatoms. The van der Waals surface area contributed by atoms with Gasteiger partial charge in [-0.05, 0) is 70.4 Å². The van der Waals surface area contributed by atoms with Gasteiger partial charge in [0.05, 0.1) is 11.0 Å². The highest BCUT2D eigenvalue weighted by molar-refractivity contribution is 9.10. The molecule has 0 amide bonds. The zero-order valence-corrected chi connectivity index (χ0v) is 22.2. The maximum Gasteiger partial charge on any atom is 0.0541 e. The van der Waals surface area contributed by atoms with E-state index in [4.69, 9.17) is 0 Å². The molecular weight excluding hydrogens is 534 g/mol. The molecule has 2 heterocycles. The Kier molecular flexibility index (Phi) is 4.61. The zero-order chi connectivity index (χ0) is 24.5. The first-order valence-corrected chi connectivity index (χ1v) is 14.0. The normalized spacial score (nSPS) is 11.9. The molecule has 0 aliphatic rings. The highest BCUT2D eigenvalue weighted by Crippen LogP contribution is 2.43. The fraction of sp³-hybridized carbons (Fsp3) is 0. The Bertz CT molecular complexity index is 2150. The number of para-hydroxylation sites is 2. The van der Waals surface area contributed by atoms with Crippen molar-refractivity contribution in [3.8, 4) is 16.8 Å². The number of hydrogen-bond acceptors (Lipinski definition) is 1. The molecule has 8 aromatic rings. The highest BCUT2D eigenvalue weighted by Gasteiger charge is 2.15. The Morgan fingerprint density at radius 3 is 1.97 bits per heavy atom. The van der Waals surface area contributed by atoms with Crippen molar-refractivity contribution >= 4 is 80.0 Å². The third kappa shape index (κ3) is 3.14. The van der Waals surface area contributed by atoms with Gasteiger partial charge in [0.15, 0.2) is 0 Å². The van der Waals surface area contributed by atoms with Gasteiger partial charge in [-0.15, -0.1) is 11.3 Å². The molecule has 174 valence electrons. The molecule has 0 saturated carbocycles. The van der Waals surface area contributed by atoms with E-state index < -0.39 is 0 Å². The van der Waals surface area contributed by atoms with E-state index in [0.29, 0.717) is 0 Å². The Balaban J connectivity index is 1.39. The average Bonchev–Trinajstić information content (AvgIpc) is 3.48. The number of aromatic nitrogens is 1. The summed E-state index contributed by atoms with van der Waals surface area (Å²) in [5.41, 5.74) is 6.14. The van der Waals surface area contributed by atoms with Crippen molar-refractivity contribution in [3.63, 3.8) is 0 Å². The smallest absolute Gasteiger partial charge is 0.0541 e. The second-order valence-corrected chi connectivity index (χ2v) is 11.4. The minimum atomic E-state index is 1.16. The maximum absolute atomic E-state index is 3.79. The standard InChI is InChI=1S/C34H20BrNS/c35-29-20-33-34(26-12-5-4-10-24(26)29)28-19-22(15-17-32(28)37-33)21-14-16-31-27(18-21)25-11-6-7-13-30(25)36(31)23-8-2-1-3-9-23/h1-20H. The predicted octanol–water partition coefficient (Wildman–Crippen LogP) is 10.7. The van der Waals surface area contributed by atoms with Crippen molar-refractivity contribution in [2.45, 2.75) is 0 Å². The molecule has 0 atom stereocenters. The summed E-state index contributed by atoms with van der Waals surface area (Å²) in [5, 5.41) is 7.80. The Hall–Kier alpha value is -3.92. The summed E-state index contributed by atoms with van der Waals surface area (Å²) in [6.07, 6.45) is 0. The summed E-state index contributed by atoms with van der Waals surface area (Å²) >= 11 is 5.66. The van der Waals surface area contributed by atoms with Crippen LogP contribution in [0.15, 0.2) is 126 Å². The van der Waals surface area contributed by atoms with Crippen LogP contribution < -0.4 is 0 Å². The highest BCUT2D eigenvalue weighted by atomic mass is 79.9. The van der Waals surface area contributed by atoms with E-state index in [-0.39, 0.29) is 0 Å². The summed E-state index contributed by atoms with van der Waals surface area (Å²) in [5.74, 6) is 0. The molecule has 0 bridgehead atoms. The molecule has 37 heavy (non-hydrogen) atoms. The molecule has 0 aliphatic carbocycles. The fourth-order valence-electron chi connectivity index (χ4n) is 5.79. The van der Waals surface area contributed by atoms with Crippen molar-refractivity contribution in [2.75, 3.05) is 0 Å². The summed E-state index contributed by atoms with van der Waals surface area (Å²) in [6.45, 7) is 0. The number of thiophene rings is 1. The minimum absolute atomic E-state index is 1.16. The molecule has 1 nitrogen and oxygen atoms in total. The van der Waals surface area contributed by atoms with E-state index in [1.54, 1.807) is 0 Å². The van der Waals surface area contributed by atoms with Gasteiger partial charge < -0.3 is 4.57 Å². The van der Waals surface area contributed by atoms with Crippen LogP contribution in [0.2, 0.25) is 0 Å². The molecule has 0 saturated heterocycles. The van der Waals surface area contributed by atoms with Crippen molar-refractivity contribution in [3.05, 3.63) is 126 Å².